The molecule has 2 aliphatic heterocycles. The van der Waals surface area contributed by atoms with Crippen molar-refractivity contribution in [2.75, 3.05) is 26.2 Å². The number of rotatable bonds is 4. The predicted molar refractivity (Wildman–Crippen MR) is 82.3 cm³/mol. The van der Waals surface area contributed by atoms with Gasteiger partial charge < -0.3 is 9.64 Å². The third-order valence-corrected chi connectivity index (χ3v) is 4.58. The molecule has 5 heteroatoms. The summed E-state index contributed by atoms with van der Waals surface area (Å²) >= 11 is 0. The van der Waals surface area contributed by atoms with Crippen LogP contribution in [0.1, 0.15) is 26.2 Å². The highest BCUT2D eigenvalue weighted by atomic mass is 19.1. The molecular formula is C17H23FN2O2. The fraction of sp³-hybridized carbons (Fsp3) is 0.588. The fourth-order valence-corrected chi connectivity index (χ4v) is 3.26. The third kappa shape index (κ3) is 3.24. The molecule has 0 unspecified atom stereocenters. The maximum atomic E-state index is 12.9. The standard InChI is InChI=1S/C17H23FN2O2/c1-2-19-10-4-3-5-16(19)17(21)20-11-15(12-20)22-14-8-6-13(18)7-9-14/h6-9,15-16H,2-5,10-12H2,1H3/t16-/m0/s1. The number of carbonyl (C=O) groups excluding carboxylic acids is 1. The molecule has 22 heavy (non-hydrogen) atoms. The Hall–Kier alpha value is -1.62. The van der Waals surface area contributed by atoms with Crippen molar-refractivity contribution in [2.45, 2.75) is 38.3 Å². The molecular weight excluding hydrogens is 283 g/mol. The summed E-state index contributed by atoms with van der Waals surface area (Å²) in [6, 6.07) is 6.07. The molecule has 3 rings (SSSR count). The fourth-order valence-electron chi connectivity index (χ4n) is 3.26. The molecule has 0 bridgehead atoms. The second-order valence-corrected chi connectivity index (χ2v) is 6.08. The van der Waals surface area contributed by atoms with Crippen LogP contribution in [0, 0.1) is 5.82 Å². The summed E-state index contributed by atoms with van der Waals surface area (Å²) in [6.07, 6.45) is 3.31. The van der Waals surface area contributed by atoms with Crippen LogP contribution in [0.25, 0.3) is 0 Å². The van der Waals surface area contributed by atoms with E-state index in [1.54, 1.807) is 12.1 Å². The van der Waals surface area contributed by atoms with Crippen LogP contribution < -0.4 is 4.74 Å². The number of halogens is 1. The first-order valence-electron chi connectivity index (χ1n) is 8.12. The van der Waals surface area contributed by atoms with Crippen molar-refractivity contribution in [2.24, 2.45) is 0 Å². The van der Waals surface area contributed by atoms with Gasteiger partial charge in [0.25, 0.3) is 0 Å². The van der Waals surface area contributed by atoms with Gasteiger partial charge in [0, 0.05) is 0 Å². The molecule has 0 aliphatic carbocycles. The molecule has 0 saturated carbocycles. The van der Waals surface area contributed by atoms with Crippen LogP contribution in [0.3, 0.4) is 0 Å². The van der Waals surface area contributed by atoms with Crippen LogP contribution in [0.2, 0.25) is 0 Å². The summed E-state index contributed by atoms with van der Waals surface area (Å²) in [6.45, 7) is 5.33. The van der Waals surface area contributed by atoms with Gasteiger partial charge in [0.2, 0.25) is 5.91 Å². The van der Waals surface area contributed by atoms with Crippen molar-refractivity contribution >= 4 is 5.91 Å². The van der Waals surface area contributed by atoms with Gasteiger partial charge in [-0.15, -0.1) is 0 Å². The van der Waals surface area contributed by atoms with Gasteiger partial charge in [0.05, 0.1) is 19.1 Å². The van der Waals surface area contributed by atoms with E-state index in [1.807, 2.05) is 4.90 Å². The molecule has 0 aromatic heterocycles. The summed E-state index contributed by atoms with van der Waals surface area (Å²) in [4.78, 5) is 16.7. The van der Waals surface area contributed by atoms with Gasteiger partial charge in [-0.1, -0.05) is 13.3 Å². The molecule has 1 amide bonds. The lowest BCUT2D eigenvalue weighted by molar-refractivity contribution is -0.147. The maximum Gasteiger partial charge on any atom is 0.240 e. The molecule has 2 aliphatic rings. The van der Waals surface area contributed by atoms with Crippen LogP contribution in [0.4, 0.5) is 4.39 Å². The van der Waals surface area contributed by atoms with E-state index in [0.29, 0.717) is 18.8 Å². The monoisotopic (exact) mass is 306 g/mol. The molecule has 4 nitrogen and oxygen atoms in total. The molecule has 120 valence electrons. The average molecular weight is 306 g/mol. The highest BCUT2D eigenvalue weighted by Gasteiger charge is 2.38. The van der Waals surface area contributed by atoms with Gasteiger partial charge in [0.15, 0.2) is 0 Å². The predicted octanol–water partition coefficient (Wildman–Crippen LogP) is 2.29. The van der Waals surface area contributed by atoms with Crippen LogP contribution in [-0.2, 0) is 4.79 Å². The minimum Gasteiger partial charge on any atom is -0.487 e. The molecule has 1 aromatic carbocycles. The summed E-state index contributed by atoms with van der Waals surface area (Å²) in [5.74, 6) is 0.626. The maximum absolute atomic E-state index is 12.9. The minimum atomic E-state index is -0.269. The molecule has 1 atom stereocenters. The summed E-state index contributed by atoms with van der Waals surface area (Å²) < 4.78 is 18.6. The Morgan fingerprint density at radius 2 is 2.00 bits per heavy atom. The van der Waals surface area contributed by atoms with Gasteiger partial charge >= 0.3 is 0 Å². The minimum absolute atomic E-state index is 0.0214. The van der Waals surface area contributed by atoms with Gasteiger partial charge in [-0.05, 0) is 50.2 Å². The van der Waals surface area contributed by atoms with E-state index in [1.165, 1.54) is 18.6 Å². The Labute approximate surface area is 130 Å². The van der Waals surface area contributed by atoms with E-state index >= 15 is 0 Å². The third-order valence-electron chi connectivity index (χ3n) is 4.58. The molecule has 1 aromatic rings. The first kappa shape index (κ1) is 15.3. The van der Waals surface area contributed by atoms with Crippen LogP contribution >= 0.6 is 0 Å². The number of hydrogen-bond donors (Lipinski definition) is 0. The van der Waals surface area contributed by atoms with Crippen molar-refractivity contribution in [1.29, 1.82) is 0 Å². The van der Waals surface area contributed by atoms with Crippen molar-refractivity contribution < 1.29 is 13.9 Å². The van der Waals surface area contributed by atoms with Gasteiger partial charge in [0.1, 0.15) is 17.7 Å². The Kier molecular flexibility index (Phi) is 4.62. The number of likely N-dealkylation sites (N-methyl/N-ethyl adjacent to an activating group) is 1. The summed E-state index contributed by atoms with van der Waals surface area (Å²) in [7, 11) is 0. The Morgan fingerprint density at radius 1 is 1.27 bits per heavy atom. The van der Waals surface area contributed by atoms with Gasteiger partial charge in [-0.2, -0.15) is 0 Å². The number of piperidine rings is 1. The Bertz CT molecular complexity index is 514. The van der Waals surface area contributed by atoms with E-state index < -0.39 is 0 Å². The summed E-state index contributed by atoms with van der Waals surface area (Å²) in [5.41, 5.74) is 0. The van der Waals surface area contributed by atoms with Gasteiger partial charge in [-0.3, -0.25) is 9.69 Å². The number of carbonyl (C=O) groups is 1. The van der Waals surface area contributed by atoms with Crippen LogP contribution in [-0.4, -0.2) is 54.0 Å². The van der Waals surface area contributed by atoms with Crippen molar-refractivity contribution in [3.8, 4) is 5.75 Å². The van der Waals surface area contributed by atoms with E-state index in [4.69, 9.17) is 4.74 Å². The summed E-state index contributed by atoms with van der Waals surface area (Å²) in [5, 5.41) is 0. The zero-order valence-corrected chi connectivity index (χ0v) is 13.0. The van der Waals surface area contributed by atoms with Crippen molar-refractivity contribution in [3.05, 3.63) is 30.1 Å². The van der Waals surface area contributed by atoms with E-state index in [2.05, 4.69) is 11.8 Å². The van der Waals surface area contributed by atoms with E-state index in [0.717, 1.165) is 25.9 Å². The smallest absolute Gasteiger partial charge is 0.240 e. The number of ether oxygens (including phenoxy) is 1. The molecule has 2 heterocycles. The molecule has 2 saturated heterocycles. The zero-order chi connectivity index (χ0) is 15.5. The SMILES string of the molecule is CCN1CCCC[C@H]1C(=O)N1CC(Oc2ccc(F)cc2)C1. The first-order chi connectivity index (χ1) is 10.7. The topological polar surface area (TPSA) is 32.8 Å². The largest absolute Gasteiger partial charge is 0.487 e. The van der Waals surface area contributed by atoms with Crippen molar-refractivity contribution in [1.82, 2.24) is 9.80 Å². The Balaban J connectivity index is 1.50. The number of nitrogens with zero attached hydrogens (tertiary/aromatic N) is 2. The highest BCUT2D eigenvalue weighted by Crippen LogP contribution is 2.23. The quantitative estimate of drug-likeness (QED) is 0.855. The second kappa shape index (κ2) is 6.65. The van der Waals surface area contributed by atoms with Gasteiger partial charge in [-0.25, -0.2) is 4.39 Å². The molecule has 0 spiro atoms. The zero-order valence-electron chi connectivity index (χ0n) is 13.0. The number of benzene rings is 1. The molecule has 0 N–H and O–H groups in total. The Morgan fingerprint density at radius 3 is 2.68 bits per heavy atom. The lowest BCUT2D eigenvalue weighted by Gasteiger charge is -2.43. The first-order valence-corrected chi connectivity index (χ1v) is 8.12. The van der Waals surface area contributed by atoms with E-state index in [-0.39, 0.29) is 23.9 Å². The van der Waals surface area contributed by atoms with Crippen LogP contribution in [0.5, 0.6) is 5.75 Å². The normalized spacial score (nSPS) is 23.2. The second-order valence-electron chi connectivity index (χ2n) is 6.08. The average Bonchev–Trinajstić information content (AvgIpc) is 2.51. The number of amides is 1. The number of hydrogen-bond acceptors (Lipinski definition) is 3. The molecule has 2 fully saturated rings. The lowest BCUT2D eigenvalue weighted by atomic mass is 9.99. The van der Waals surface area contributed by atoms with Crippen LogP contribution in [0.15, 0.2) is 24.3 Å². The molecule has 0 radical (unpaired) electrons. The van der Waals surface area contributed by atoms with E-state index in [9.17, 15) is 9.18 Å². The highest BCUT2D eigenvalue weighted by molar-refractivity contribution is 5.82. The van der Waals surface area contributed by atoms with Crippen molar-refractivity contribution in [3.63, 3.8) is 0 Å². The lowest BCUT2D eigenvalue weighted by Crippen LogP contribution is -2.61. The number of likely N-dealkylation sites (tertiary alicyclic amines) is 2.